The van der Waals surface area contributed by atoms with Crippen molar-refractivity contribution in [3.05, 3.63) is 26.8 Å². The van der Waals surface area contributed by atoms with Crippen molar-refractivity contribution in [1.82, 2.24) is 5.32 Å². The van der Waals surface area contributed by atoms with Gasteiger partial charge in [0.1, 0.15) is 0 Å². The van der Waals surface area contributed by atoms with E-state index in [1.807, 2.05) is 12.1 Å². The van der Waals surface area contributed by atoms with E-state index in [1.165, 1.54) is 0 Å². The number of benzene rings is 1. The van der Waals surface area contributed by atoms with Gasteiger partial charge < -0.3 is 10.6 Å². The van der Waals surface area contributed by atoms with Crippen molar-refractivity contribution in [3.8, 4) is 0 Å². The molecule has 2 N–H and O–H groups in total. The summed E-state index contributed by atoms with van der Waals surface area (Å²) in [4.78, 5) is 12.0. The van der Waals surface area contributed by atoms with Crippen LogP contribution >= 0.6 is 34.2 Å². The fraction of sp³-hybridized carbons (Fsp3) is 0.417. The van der Waals surface area contributed by atoms with Gasteiger partial charge in [0, 0.05) is 15.1 Å². The van der Waals surface area contributed by atoms with Crippen LogP contribution in [0.1, 0.15) is 12.8 Å². The molecule has 1 aliphatic heterocycles. The van der Waals surface area contributed by atoms with E-state index in [9.17, 15) is 4.79 Å². The van der Waals surface area contributed by atoms with Crippen molar-refractivity contribution < 1.29 is 4.79 Å². The van der Waals surface area contributed by atoms with Crippen molar-refractivity contribution in [3.63, 3.8) is 0 Å². The molecule has 1 atom stereocenters. The largest absolute Gasteiger partial charge is 0.325 e. The summed E-state index contributed by atoms with van der Waals surface area (Å²) < 4.78 is 0.965. The standard InChI is InChI=1S/C12H14ClIN2O/c13-9-3-4-11(10(14)6-9)16-12(17)8-2-1-5-15-7-8/h3-4,6,8,15H,1-2,5,7H2,(H,16,17)/t8-/m0/s1. The van der Waals surface area contributed by atoms with Crippen LogP contribution < -0.4 is 10.6 Å². The highest BCUT2D eigenvalue weighted by molar-refractivity contribution is 14.1. The van der Waals surface area contributed by atoms with Crippen LogP contribution in [-0.2, 0) is 4.79 Å². The molecule has 0 radical (unpaired) electrons. The molecule has 0 bridgehead atoms. The fourth-order valence-corrected chi connectivity index (χ4v) is 2.91. The maximum absolute atomic E-state index is 12.0. The van der Waals surface area contributed by atoms with E-state index in [2.05, 4.69) is 33.2 Å². The van der Waals surface area contributed by atoms with Gasteiger partial charge in [-0.25, -0.2) is 0 Å². The number of halogens is 2. The Kier molecular flexibility index (Phi) is 4.64. The van der Waals surface area contributed by atoms with E-state index in [4.69, 9.17) is 11.6 Å². The molecule has 0 aliphatic carbocycles. The Balaban J connectivity index is 2.02. The van der Waals surface area contributed by atoms with E-state index in [-0.39, 0.29) is 11.8 Å². The molecule has 92 valence electrons. The first-order valence-corrected chi connectivity index (χ1v) is 7.09. The predicted octanol–water partition coefficient (Wildman–Crippen LogP) is 2.88. The number of carbonyl (C=O) groups excluding carboxylic acids is 1. The first-order valence-electron chi connectivity index (χ1n) is 5.63. The predicted molar refractivity (Wildman–Crippen MR) is 78.4 cm³/mol. The highest BCUT2D eigenvalue weighted by Crippen LogP contribution is 2.23. The monoisotopic (exact) mass is 364 g/mol. The van der Waals surface area contributed by atoms with E-state index in [0.717, 1.165) is 35.2 Å². The van der Waals surface area contributed by atoms with Gasteiger partial charge in [-0.3, -0.25) is 4.79 Å². The van der Waals surface area contributed by atoms with Crippen LogP contribution in [0.5, 0.6) is 0 Å². The molecule has 0 spiro atoms. The second-order valence-corrected chi connectivity index (χ2v) is 5.76. The van der Waals surface area contributed by atoms with Crippen molar-refractivity contribution in [2.24, 2.45) is 5.92 Å². The van der Waals surface area contributed by atoms with Crippen molar-refractivity contribution in [1.29, 1.82) is 0 Å². The first kappa shape index (κ1) is 13.1. The van der Waals surface area contributed by atoms with Crippen molar-refractivity contribution in [2.45, 2.75) is 12.8 Å². The molecule has 1 aromatic rings. The van der Waals surface area contributed by atoms with Crippen molar-refractivity contribution in [2.75, 3.05) is 18.4 Å². The Labute approximate surface area is 119 Å². The number of piperidine rings is 1. The number of hydrogen-bond donors (Lipinski definition) is 2. The summed E-state index contributed by atoms with van der Waals surface area (Å²) >= 11 is 8.05. The van der Waals surface area contributed by atoms with Crippen molar-refractivity contribution >= 4 is 45.8 Å². The molecular formula is C12H14ClIN2O. The van der Waals surface area contributed by atoms with Gasteiger partial charge in [0.25, 0.3) is 0 Å². The lowest BCUT2D eigenvalue weighted by molar-refractivity contribution is -0.120. The summed E-state index contributed by atoms with van der Waals surface area (Å²) in [5.41, 5.74) is 0.838. The van der Waals surface area contributed by atoms with Gasteiger partial charge in [-0.15, -0.1) is 0 Å². The molecule has 2 rings (SSSR count). The molecule has 1 aromatic carbocycles. The van der Waals surface area contributed by atoms with Crippen LogP contribution in [0, 0.1) is 9.49 Å². The molecule has 1 aliphatic rings. The molecule has 0 saturated carbocycles. The average Bonchev–Trinajstić information content (AvgIpc) is 2.34. The minimum Gasteiger partial charge on any atom is -0.325 e. The van der Waals surface area contributed by atoms with E-state index in [0.29, 0.717) is 5.02 Å². The lowest BCUT2D eigenvalue weighted by Gasteiger charge is -2.22. The highest BCUT2D eigenvalue weighted by Gasteiger charge is 2.21. The van der Waals surface area contributed by atoms with Crippen LogP contribution in [0.25, 0.3) is 0 Å². The zero-order valence-corrected chi connectivity index (χ0v) is 12.2. The van der Waals surface area contributed by atoms with Gasteiger partial charge in [-0.05, 0) is 60.2 Å². The minimum atomic E-state index is 0.0789. The number of rotatable bonds is 2. The molecular weight excluding hydrogens is 351 g/mol. The first-order chi connectivity index (χ1) is 8.16. The van der Waals surface area contributed by atoms with Gasteiger partial charge >= 0.3 is 0 Å². The molecule has 1 amide bonds. The lowest BCUT2D eigenvalue weighted by atomic mass is 9.99. The quantitative estimate of drug-likeness (QED) is 0.792. The molecule has 1 fully saturated rings. The summed E-state index contributed by atoms with van der Waals surface area (Å²) in [6.07, 6.45) is 2.03. The van der Waals surface area contributed by atoms with Crippen LogP contribution in [0.4, 0.5) is 5.69 Å². The Morgan fingerprint density at radius 3 is 3.00 bits per heavy atom. The van der Waals surface area contributed by atoms with Gasteiger partial charge in [-0.1, -0.05) is 11.6 Å². The Morgan fingerprint density at radius 2 is 2.35 bits per heavy atom. The van der Waals surface area contributed by atoms with E-state index in [1.54, 1.807) is 6.07 Å². The smallest absolute Gasteiger partial charge is 0.228 e. The average molecular weight is 365 g/mol. The summed E-state index contributed by atoms with van der Waals surface area (Å²) in [5.74, 6) is 0.174. The van der Waals surface area contributed by atoms with Gasteiger partial charge in [0.2, 0.25) is 5.91 Å². The molecule has 17 heavy (non-hydrogen) atoms. The number of carbonyl (C=O) groups is 1. The van der Waals surface area contributed by atoms with Gasteiger partial charge in [0.15, 0.2) is 0 Å². The molecule has 1 heterocycles. The molecule has 0 aromatic heterocycles. The zero-order chi connectivity index (χ0) is 12.3. The minimum absolute atomic E-state index is 0.0789. The summed E-state index contributed by atoms with van der Waals surface area (Å²) in [5, 5.41) is 6.89. The SMILES string of the molecule is O=C(Nc1ccc(Cl)cc1I)[C@H]1CCCNC1. The highest BCUT2D eigenvalue weighted by atomic mass is 127. The Morgan fingerprint density at radius 1 is 1.53 bits per heavy atom. The molecule has 3 nitrogen and oxygen atoms in total. The third kappa shape index (κ3) is 3.56. The maximum atomic E-state index is 12.0. The fourth-order valence-electron chi connectivity index (χ4n) is 1.90. The summed E-state index contributed by atoms with van der Waals surface area (Å²) in [7, 11) is 0. The zero-order valence-electron chi connectivity index (χ0n) is 9.30. The Bertz CT molecular complexity index is 419. The van der Waals surface area contributed by atoms with Crippen LogP contribution in [0.2, 0.25) is 5.02 Å². The third-order valence-corrected chi connectivity index (χ3v) is 3.98. The second kappa shape index (κ2) is 6.02. The summed E-state index contributed by atoms with van der Waals surface area (Å²) in [6, 6.07) is 5.48. The van der Waals surface area contributed by atoms with E-state index < -0.39 is 0 Å². The summed E-state index contributed by atoms with van der Waals surface area (Å²) in [6.45, 7) is 1.79. The second-order valence-electron chi connectivity index (χ2n) is 4.16. The number of anilines is 1. The van der Waals surface area contributed by atoms with Crippen LogP contribution in [0.15, 0.2) is 18.2 Å². The number of nitrogens with one attached hydrogen (secondary N) is 2. The van der Waals surface area contributed by atoms with Gasteiger partial charge in [-0.2, -0.15) is 0 Å². The molecule has 1 saturated heterocycles. The Hall–Kier alpha value is -0.330. The van der Waals surface area contributed by atoms with Crippen LogP contribution in [0.3, 0.4) is 0 Å². The normalized spacial score (nSPS) is 20.0. The maximum Gasteiger partial charge on any atom is 0.228 e. The lowest BCUT2D eigenvalue weighted by Crippen LogP contribution is -2.37. The molecule has 5 heteroatoms. The van der Waals surface area contributed by atoms with Crippen LogP contribution in [-0.4, -0.2) is 19.0 Å². The van der Waals surface area contributed by atoms with E-state index >= 15 is 0 Å². The number of hydrogen-bond acceptors (Lipinski definition) is 2. The van der Waals surface area contributed by atoms with Gasteiger partial charge in [0.05, 0.1) is 11.6 Å². The molecule has 0 unspecified atom stereocenters. The topological polar surface area (TPSA) is 41.1 Å². The third-order valence-electron chi connectivity index (χ3n) is 2.86. The number of amides is 1.